The van der Waals surface area contributed by atoms with Crippen molar-refractivity contribution in [3.8, 4) is 6.07 Å². The maximum Gasteiger partial charge on any atom is 0.224 e. The molecule has 20 heavy (non-hydrogen) atoms. The van der Waals surface area contributed by atoms with Crippen molar-refractivity contribution in [2.45, 2.75) is 6.92 Å². The monoisotopic (exact) mass is 265 g/mol. The van der Waals surface area contributed by atoms with Gasteiger partial charge in [0.25, 0.3) is 0 Å². The van der Waals surface area contributed by atoms with E-state index in [0.29, 0.717) is 17.0 Å². The highest BCUT2D eigenvalue weighted by Crippen LogP contribution is 2.25. The molecule has 0 radical (unpaired) electrons. The van der Waals surface area contributed by atoms with E-state index in [9.17, 15) is 0 Å². The van der Waals surface area contributed by atoms with Crippen LogP contribution in [0.15, 0.2) is 24.4 Å². The van der Waals surface area contributed by atoms with Crippen molar-refractivity contribution in [3.63, 3.8) is 0 Å². The van der Waals surface area contributed by atoms with Crippen molar-refractivity contribution < 1.29 is 0 Å². The Morgan fingerprint density at radius 2 is 2.20 bits per heavy atom. The second-order valence-electron chi connectivity index (χ2n) is 4.33. The van der Waals surface area contributed by atoms with Gasteiger partial charge < -0.3 is 11.1 Å². The Morgan fingerprint density at radius 3 is 3.00 bits per heavy atom. The summed E-state index contributed by atoms with van der Waals surface area (Å²) in [7, 11) is 0. The Morgan fingerprint density at radius 1 is 1.35 bits per heavy atom. The maximum absolute atomic E-state index is 8.96. The summed E-state index contributed by atoms with van der Waals surface area (Å²) >= 11 is 0. The molecule has 0 aliphatic heterocycles. The number of aryl methyl sites for hydroxylation is 1. The SMILES string of the molecule is Cc1ccc(C#N)cc1Nc1nc(N)nc2[nH]ncc12. The Kier molecular flexibility index (Phi) is 2.69. The molecule has 0 fully saturated rings. The van der Waals surface area contributed by atoms with Gasteiger partial charge in [0.15, 0.2) is 5.65 Å². The van der Waals surface area contributed by atoms with Crippen LogP contribution in [-0.4, -0.2) is 20.2 Å². The molecule has 7 heteroatoms. The number of nitriles is 1. The average Bonchev–Trinajstić information content (AvgIpc) is 2.89. The molecular weight excluding hydrogens is 254 g/mol. The number of anilines is 3. The summed E-state index contributed by atoms with van der Waals surface area (Å²) in [4.78, 5) is 8.23. The lowest BCUT2D eigenvalue weighted by Gasteiger charge is -2.10. The highest BCUT2D eigenvalue weighted by molar-refractivity contribution is 5.89. The summed E-state index contributed by atoms with van der Waals surface area (Å²) in [5.74, 6) is 0.706. The summed E-state index contributed by atoms with van der Waals surface area (Å²) in [5, 5.41) is 19.6. The second-order valence-corrected chi connectivity index (χ2v) is 4.33. The van der Waals surface area contributed by atoms with Crippen LogP contribution >= 0.6 is 0 Å². The first-order valence-electron chi connectivity index (χ1n) is 5.92. The molecule has 0 aliphatic carbocycles. The normalized spacial score (nSPS) is 10.4. The number of hydrogen-bond acceptors (Lipinski definition) is 6. The summed E-state index contributed by atoms with van der Waals surface area (Å²) < 4.78 is 0. The van der Waals surface area contributed by atoms with Gasteiger partial charge in [-0.2, -0.15) is 20.3 Å². The highest BCUT2D eigenvalue weighted by atomic mass is 15.2. The number of nitrogens with one attached hydrogen (secondary N) is 2. The number of rotatable bonds is 2. The largest absolute Gasteiger partial charge is 0.368 e. The smallest absolute Gasteiger partial charge is 0.224 e. The van der Waals surface area contributed by atoms with Crippen LogP contribution in [0.5, 0.6) is 0 Å². The van der Waals surface area contributed by atoms with Crippen LogP contribution < -0.4 is 11.1 Å². The Labute approximate surface area is 114 Å². The van der Waals surface area contributed by atoms with Crippen molar-refractivity contribution in [3.05, 3.63) is 35.5 Å². The minimum absolute atomic E-state index is 0.151. The van der Waals surface area contributed by atoms with Crippen LogP contribution in [-0.2, 0) is 0 Å². The van der Waals surface area contributed by atoms with Gasteiger partial charge in [0, 0.05) is 5.69 Å². The number of hydrogen-bond donors (Lipinski definition) is 3. The molecule has 3 rings (SSSR count). The molecule has 98 valence electrons. The number of aromatic nitrogens is 4. The fraction of sp³-hybridized carbons (Fsp3) is 0.0769. The molecule has 0 atom stereocenters. The third-order valence-electron chi connectivity index (χ3n) is 2.95. The van der Waals surface area contributed by atoms with Gasteiger partial charge in [-0.3, -0.25) is 5.10 Å². The molecule has 4 N–H and O–H groups in total. The van der Waals surface area contributed by atoms with Gasteiger partial charge in [0.2, 0.25) is 5.95 Å². The maximum atomic E-state index is 8.96. The number of nitrogen functional groups attached to an aromatic ring is 1. The predicted octanol–water partition coefficient (Wildman–Crippen LogP) is 1.86. The Bertz CT molecular complexity index is 828. The van der Waals surface area contributed by atoms with Crippen molar-refractivity contribution >= 4 is 28.5 Å². The van der Waals surface area contributed by atoms with E-state index in [-0.39, 0.29) is 5.95 Å². The fourth-order valence-corrected chi connectivity index (χ4v) is 1.90. The molecule has 0 amide bonds. The Hall–Kier alpha value is -3.14. The number of H-pyrrole nitrogens is 1. The molecule has 3 aromatic rings. The molecule has 7 nitrogen and oxygen atoms in total. The van der Waals surface area contributed by atoms with Crippen molar-refractivity contribution in [1.29, 1.82) is 5.26 Å². The predicted molar refractivity (Wildman–Crippen MR) is 75.3 cm³/mol. The molecule has 0 saturated carbocycles. The zero-order chi connectivity index (χ0) is 14.1. The van der Waals surface area contributed by atoms with Gasteiger partial charge in [-0.05, 0) is 24.6 Å². The third kappa shape index (κ3) is 1.99. The first kappa shape index (κ1) is 11.9. The van der Waals surface area contributed by atoms with Gasteiger partial charge in [-0.1, -0.05) is 6.07 Å². The van der Waals surface area contributed by atoms with Crippen LogP contribution in [0.1, 0.15) is 11.1 Å². The topological polar surface area (TPSA) is 116 Å². The standard InChI is InChI=1S/C13H11N7/c1-7-2-3-8(5-14)4-10(7)17-11-9-6-16-20-12(9)19-13(15)18-11/h2-4,6H,1H3,(H4,15,16,17,18,19,20). The quantitative estimate of drug-likeness (QED) is 0.651. The van der Waals surface area contributed by atoms with Crippen molar-refractivity contribution in [1.82, 2.24) is 20.2 Å². The number of benzene rings is 1. The summed E-state index contributed by atoms with van der Waals surface area (Å²) in [6.45, 7) is 1.95. The van der Waals surface area contributed by atoms with Crippen molar-refractivity contribution in [2.24, 2.45) is 0 Å². The minimum atomic E-state index is 0.151. The van der Waals surface area contributed by atoms with Gasteiger partial charge in [-0.25, -0.2) is 0 Å². The highest BCUT2D eigenvalue weighted by Gasteiger charge is 2.09. The van der Waals surface area contributed by atoms with E-state index in [1.165, 1.54) is 0 Å². The average molecular weight is 265 g/mol. The molecular formula is C13H11N7. The third-order valence-corrected chi connectivity index (χ3v) is 2.95. The second kappa shape index (κ2) is 4.51. The van der Waals surface area contributed by atoms with Crippen molar-refractivity contribution in [2.75, 3.05) is 11.1 Å². The van der Waals surface area contributed by atoms with E-state index in [4.69, 9.17) is 11.0 Å². The Balaban J connectivity index is 2.09. The molecule has 0 saturated heterocycles. The number of nitrogens with zero attached hydrogens (tertiary/aromatic N) is 4. The summed E-state index contributed by atoms with van der Waals surface area (Å²) in [5.41, 5.74) is 8.60. The molecule has 0 bridgehead atoms. The molecule has 0 aliphatic rings. The van der Waals surface area contributed by atoms with E-state index in [1.807, 2.05) is 13.0 Å². The lowest BCUT2D eigenvalue weighted by molar-refractivity contribution is 1.09. The summed E-state index contributed by atoms with van der Waals surface area (Å²) in [6.07, 6.45) is 1.63. The first-order valence-corrected chi connectivity index (χ1v) is 5.92. The lowest BCUT2D eigenvalue weighted by Crippen LogP contribution is -2.02. The number of aromatic amines is 1. The number of nitrogens with two attached hydrogens (primary N) is 1. The number of fused-ring (bicyclic) bond motifs is 1. The first-order chi connectivity index (χ1) is 9.67. The molecule has 0 unspecified atom stereocenters. The van der Waals surface area contributed by atoms with Crippen LogP contribution in [0, 0.1) is 18.3 Å². The fourth-order valence-electron chi connectivity index (χ4n) is 1.90. The van der Waals surface area contributed by atoms with Crippen LogP contribution in [0.4, 0.5) is 17.5 Å². The minimum Gasteiger partial charge on any atom is -0.368 e. The lowest BCUT2D eigenvalue weighted by atomic mass is 10.1. The molecule has 2 heterocycles. The zero-order valence-electron chi connectivity index (χ0n) is 10.7. The van der Waals surface area contributed by atoms with Crippen LogP contribution in [0.25, 0.3) is 11.0 Å². The van der Waals surface area contributed by atoms with E-state index in [2.05, 4.69) is 31.6 Å². The van der Waals surface area contributed by atoms with Gasteiger partial charge in [-0.15, -0.1) is 0 Å². The van der Waals surface area contributed by atoms with Gasteiger partial charge >= 0.3 is 0 Å². The molecule has 1 aromatic carbocycles. The molecule has 2 aromatic heterocycles. The van der Waals surface area contributed by atoms with E-state index in [1.54, 1.807) is 18.3 Å². The zero-order valence-corrected chi connectivity index (χ0v) is 10.7. The van der Waals surface area contributed by atoms with E-state index >= 15 is 0 Å². The van der Waals surface area contributed by atoms with Crippen LogP contribution in [0.3, 0.4) is 0 Å². The van der Waals surface area contributed by atoms with E-state index in [0.717, 1.165) is 16.6 Å². The van der Waals surface area contributed by atoms with Gasteiger partial charge in [0.05, 0.1) is 23.2 Å². The summed E-state index contributed by atoms with van der Waals surface area (Å²) in [6, 6.07) is 7.51. The van der Waals surface area contributed by atoms with E-state index < -0.39 is 0 Å². The molecule has 0 spiro atoms. The van der Waals surface area contributed by atoms with Crippen LogP contribution in [0.2, 0.25) is 0 Å². The van der Waals surface area contributed by atoms with Gasteiger partial charge in [0.1, 0.15) is 5.82 Å².